The van der Waals surface area contributed by atoms with Crippen molar-refractivity contribution in [2.45, 2.75) is 44.8 Å². The van der Waals surface area contributed by atoms with E-state index in [0.717, 1.165) is 12.8 Å². The molecule has 0 bridgehead atoms. The van der Waals surface area contributed by atoms with Crippen molar-refractivity contribution in [3.63, 3.8) is 0 Å². The molecule has 7 heteroatoms. The minimum absolute atomic E-state index is 0.0515. The molecule has 1 aromatic heterocycles. The van der Waals surface area contributed by atoms with Gasteiger partial charge in [-0.1, -0.05) is 0 Å². The highest BCUT2D eigenvalue weighted by Gasteiger charge is 2.32. The Bertz CT molecular complexity index is 896. The van der Waals surface area contributed by atoms with Crippen molar-refractivity contribution in [2.24, 2.45) is 0 Å². The molecule has 1 aliphatic carbocycles. The lowest BCUT2D eigenvalue weighted by Crippen LogP contribution is -2.54. The third kappa shape index (κ3) is 2.57. The van der Waals surface area contributed by atoms with Crippen LogP contribution in [0.5, 0.6) is 0 Å². The molecule has 0 spiro atoms. The maximum absolute atomic E-state index is 15.5. The Morgan fingerprint density at radius 2 is 1.80 bits per heavy atom. The number of piperazine rings is 1. The summed E-state index contributed by atoms with van der Waals surface area (Å²) in [6.07, 6.45) is 3.44. The fourth-order valence-electron chi connectivity index (χ4n) is 3.92. The molecule has 0 radical (unpaired) electrons. The Hall–Kier alpha value is -2.15. The van der Waals surface area contributed by atoms with Gasteiger partial charge in [0.15, 0.2) is 17.1 Å². The average Bonchev–Trinajstić information content (AvgIpc) is 3.36. The van der Waals surface area contributed by atoms with Crippen LogP contribution in [0.4, 0.5) is 20.2 Å². The van der Waals surface area contributed by atoms with E-state index in [4.69, 9.17) is 5.73 Å². The topological polar surface area (TPSA) is 63.3 Å². The van der Waals surface area contributed by atoms with Crippen LogP contribution in [0.25, 0.3) is 10.9 Å². The largest absolute Gasteiger partial charge is 0.396 e. The zero-order valence-corrected chi connectivity index (χ0v) is 14.4. The van der Waals surface area contributed by atoms with Gasteiger partial charge in [0.1, 0.15) is 5.69 Å². The molecule has 2 aromatic rings. The first-order chi connectivity index (χ1) is 11.9. The van der Waals surface area contributed by atoms with Gasteiger partial charge in [0.25, 0.3) is 0 Å². The second kappa shape index (κ2) is 5.69. The number of nitrogen functional groups attached to an aromatic ring is 1. The molecule has 3 N–H and O–H groups in total. The Morgan fingerprint density at radius 1 is 1.16 bits per heavy atom. The first-order valence-corrected chi connectivity index (χ1v) is 8.70. The normalized spacial score (nSPS) is 24.1. The lowest BCUT2D eigenvalue weighted by Gasteiger charge is -2.38. The average molecular weight is 348 g/mol. The van der Waals surface area contributed by atoms with Crippen molar-refractivity contribution in [3.05, 3.63) is 34.1 Å². The van der Waals surface area contributed by atoms with Gasteiger partial charge in [-0.25, -0.2) is 8.78 Å². The maximum atomic E-state index is 15.5. The van der Waals surface area contributed by atoms with E-state index in [9.17, 15) is 9.18 Å². The van der Waals surface area contributed by atoms with E-state index in [2.05, 4.69) is 5.32 Å². The molecule has 2 aliphatic rings. The third-order valence-corrected chi connectivity index (χ3v) is 5.07. The van der Waals surface area contributed by atoms with Gasteiger partial charge in [0.2, 0.25) is 0 Å². The van der Waals surface area contributed by atoms with Gasteiger partial charge in [-0.3, -0.25) is 4.79 Å². The van der Waals surface area contributed by atoms with E-state index >= 15 is 4.39 Å². The number of nitrogens with zero attached hydrogens (tertiary/aromatic N) is 2. The quantitative estimate of drug-likeness (QED) is 0.818. The van der Waals surface area contributed by atoms with Crippen molar-refractivity contribution >= 4 is 22.3 Å². The summed E-state index contributed by atoms with van der Waals surface area (Å²) in [4.78, 5) is 13.9. The van der Waals surface area contributed by atoms with Crippen LogP contribution in [0, 0.1) is 11.6 Å². The molecule has 134 valence electrons. The van der Waals surface area contributed by atoms with Crippen LogP contribution in [-0.4, -0.2) is 29.7 Å². The van der Waals surface area contributed by atoms with E-state index in [1.54, 1.807) is 15.7 Å². The van der Waals surface area contributed by atoms with Crippen molar-refractivity contribution < 1.29 is 8.78 Å². The Kier molecular flexibility index (Phi) is 3.72. The summed E-state index contributed by atoms with van der Waals surface area (Å²) < 4.78 is 32.2. The van der Waals surface area contributed by atoms with Crippen molar-refractivity contribution in [3.8, 4) is 0 Å². The van der Waals surface area contributed by atoms with E-state index < -0.39 is 17.1 Å². The molecular formula is C18H22F2N4O. The summed E-state index contributed by atoms with van der Waals surface area (Å²) in [7, 11) is 0. The Morgan fingerprint density at radius 3 is 2.40 bits per heavy atom. The zero-order chi connectivity index (χ0) is 17.9. The number of hydrogen-bond donors (Lipinski definition) is 2. The highest BCUT2D eigenvalue weighted by Crippen LogP contribution is 2.41. The van der Waals surface area contributed by atoms with E-state index in [1.165, 1.54) is 6.07 Å². The maximum Gasteiger partial charge on any atom is 0.191 e. The van der Waals surface area contributed by atoms with Gasteiger partial charge >= 0.3 is 0 Å². The lowest BCUT2D eigenvalue weighted by molar-refractivity contribution is 0.400. The summed E-state index contributed by atoms with van der Waals surface area (Å²) in [5.74, 6) is -1.52. The molecule has 1 saturated heterocycles. The highest BCUT2D eigenvalue weighted by molar-refractivity contribution is 5.95. The minimum Gasteiger partial charge on any atom is -0.396 e. The van der Waals surface area contributed by atoms with Gasteiger partial charge < -0.3 is 20.5 Å². The van der Waals surface area contributed by atoms with Crippen LogP contribution in [0.1, 0.15) is 32.7 Å². The number of benzene rings is 1. The third-order valence-electron chi connectivity index (χ3n) is 5.07. The molecule has 1 saturated carbocycles. The number of halogens is 2. The van der Waals surface area contributed by atoms with E-state index in [1.807, 2.05) is 13.8 Å². The number of anilines is 2. The van der Waals surface area contributed by atoms with Gasteiger partial charge in [-0.15, -0.1) is 0 Å². The van der Waals surface area contributed by atoms with Gasteiger partial charge in [-0.05, 0) is 26.7 Å². The van der Waals surface area contributed by atoms with Gasteiger partial charge in [0.05, 0.1) is 16.6 Å². The SMILES string of the molecule is CC1CN(c2c(F)c(N)c3c(=O)ccn(C4CC4)c3c2F)CC(C)N1. The van der Waals surface area contributed by atoms with Crippen LogP contribution in [-0.2, 0) is 0 Å². The summed E-state index contributed by atoms with van der Waals surface area (Å²) in [5.41, 5.74) is 5.26. The lowest BCUT2D eigenvalue weighted by atomic mass is 10.1. The predicted octanol–water partition coefficient (Wildman–Crippen LogP) is 2.38. The first-order valence-electron chi connectivity index (χ1n) is 8.70. The van der Waals surface area contributed by atoms with Gasteiger partial charge in [-0.2, -0.15) is 0 Å². The van der Waals surface area contributed by atoms with E-state index in [-0.39, 0.29) is 40.4 Å². The Labute approximate surface area is 144 Å². The molecule has 25 heavy (non-hydrogen) atoms. The first kappa shape index (κ1) is 16.3. The zero-order valence-electron chi connectivity index (χ0n) is 14.4. The molecule has 1 aliphatic heterocycles. The number of rotatable bonds is 2. The number of fused-ring (bicyclic) bond motifs is 1. The number of hydrogen-bond acceptors (Lipinski definition) is 4. The summed E-state index contributed by atoms with van der Waals surface area (Å²) in [6, 6.07) is 1.68. The standard InChI is InChI=1S/C18H22F2N4O/c1-9-7-23(8-10(2)22-9)18-14(19)16(21)13-12(25)5-6-24(11-3-4-11)17(13)15(18)20/h5-6,9-11,22H,3-4,7-8,21H2,1-2H3. The second-order valence-electron chi connectivity index (χ2n) is 7.31. The number of pyridine rings is 1. The number of nitrogens with one attached hydrogen (secondary N) is 1. The fraction of sp³-hybridized carbons (Fsp3) is 0.500. The van der Waals surface area contributed by atoms with Crippen molar-refractivity contribution in [1.29, 1.82) is 0 Å². The molecule has 5 nitrogen and oxygen atoms in total. The Balaban J connectivity index is 1.99. The second-order valence-corrected chi connectivity index (χ2v) is 7.31. The van der Waals surface area contributed by atoms with Crippen molar-refractivity contribution in [2.75, 3.05) is 23.7 Å². The monoisotopic (exact) mass is 348 g/mol. The number of nitrogens with two attached hydrogens (primary N) is 1. The fourth-order valence-corrected chi connectivity index (χ4v) is 3.92. The van der Waals surface area contributed by atoms with Crippen molar-refractivity contribution in [1.82, 2.24) is 9.88 Å². The summed E-state index contributed by atoms with van der Waals surface area (Å²) >= 11 is 0. The molecule has 1 aromatic carbocycles. The summed E-state index contributed by atoms with van der Waals surface area (Å²) in [6.45, 7) is 4.90. The molecule has 4 rings (SSSR count). The molecule has 2 unspecified atom stereocenters. The minimum atomic E-state index is -0.836. The van der Waals surface area contributed by atoms with Crippen LogP contribution >= 0.6 is 0 Å². The van der Waals surface area contributed by atoms with Crippen LogP contribution in [0.3, 0.4) is 0 Å². The summed E-state index contributed by atoms with van der Waals surface area (Å²) in [5, 5.41) is 3.29. The van der Waals surface area contributed by atoms with E-state index in [0.29, 0.717) is 13.1 Å². The predicted molar refractivity (Wildman–Crippen MR) is 95.1 cm³/mol. The van der Waals surface area contributed by atoms with Crippen LogP contribution in [0.2, 0.25) is 0 Å². The molecule has 2 heterocycles. The molecular weight excluding hydrogens is 326 g/mol. The molecule has 0 amide bonds. The van der Waals surface area contributed by atoms with Crippen LogP contribution in [0.15, 0.2) is 17.1 Å². The van der Waals surface area contributed by atoms with Crippen LogP contribution < -0.4 is 21.4 Å². The molecule has 2 fully saturated rings. The highest BCUT2D eigenvalue weighted by atomic mass is 19.1. The molecule has 2 atom stereocenters. The van der Waals surface area contributed by atoms with Gasteiger partial charge in [0, 0.05) is 43.5 Å². The number of aromatic nitrogens is 1. The smallest absolute Gasteiger partial charge is 0.191 e.